The van der Waals surface area contributed by atoms with Gasteiger partial charge >= 0.3 is 11.9 Å². The van der Waals surface area contributed by atoms with E-state index >= 15 is 0 Å². The maximum atomic E-state index is 9.90. The van der Waals surface area contributed by atoms with Crippen molar-refractivity contribution >= 4 is 18.2 Å². The summed E-state index contributed by atoms with van der Waals surface area (Å²) in [5.41, 5.74) is 0. The summed E-state index contributed by atoms with van der Waals surface area (Å²) in [7, 11) is 0. The van der Waals surface area contributed by atoms with Crippen molar-refractivity contribution in [2.24, 2.45) is 0 Å². The molecule has 0 fully saturated rings. The van der Waals surface area contributed by atoms with Crippen LogP contribution < -0.4 is 0 Å². The molecule has 22 heavy (non-hydrogen) atoms. The van der Waals surface area contributed by atoms with Crippen LogP contribution in [0.3, 0.4) is 0 Å². The van der Waals surface area contributed by atoms with Crippen LogP contribution in [-0.2, 0) is 14.4 Å². The highest BCUT2D eigenvalue weighted by Crippen LogP contribution is 2.03. The standard InChI is InChI=1S/C6H12O6.C6H10O4/c7-1-3(9)5(11)6(12)4(10)2-8;7-5(8)3-1-2-4-6(9)10/h1,3-6,8-12H,2H2;1-4H2,(H,7,8)(H,9,10)/t3-,4+,5+,6+;/m0./s1. The van der Waals surface area contributed by atoms with E-state index in [4.69, 9.17) is 35.7 Å². The maximum Gasteiger partial charge on any atom is 0.303 e. The number of unbranched alkanes of at least 4 members (excludes halogenated alkanes) is 1. The smallest absolute Gasteiger partial charge is 0.303 e. The number of aldehydes is 1. The molecule has 0 rings (SSSR count). The van der Waals surface area contributed by atoms with E-state index in [1.807, 2.05) is 0 Å². The molecule has 0 aliphatic rings. The van der Waals surface area contributed by atoms with Crippen LogP contribution in [0.15, 0.2) is 0 Å². The Morgan fingerprint density at radius 2 is 1.27 bits per heavy atom. The molecule has 0 aromatic carbocycles. The Labute approximate surface area is 126 Å². The highest BCUT2D eigenvalue weighted by molar-refractivity contribution is 5.67. The molecule has 0 heterocycles. The second kappa shape index (κ2) is 13.1. The molecule has 4 atom stereocenters. The number of aliphatic carboxylic acids is 2. The van der Waals surface area contributed by atoms with E-state index in [1.54, 1.807) is 0 Å². The van der Waals surface area contributed by atoms with Crippen LogP contribution in [0.1, 0.15) is 25.7 Å². The van der Waals surface area contributed by atoms with Crippen LogP contribution in [0, 0.1) is 0 Å². The first kappa shape index (κ1) is 22.7. The lowest BCUT2D eigenvalue weighted by Crippen LogP contribution is -2.46. The number of rotatable bonds is 10. The maximum absolute atomic E-state index is 9.90. The molecule has 7 N–H and O–H groups in total. The average molecular weight is 326 g/mol. The fourth-order valence-electron chi connectivity index (χ4n) is 1.17. The summed E-state index contributed by atoms with van der Waals surface area (Å²) < 4.78 is 0. The third-order valence-corrected chi connectivity index (χ3v) is 2.45. The number of carboxylic acids is 2. The van der Waals surface area contributed by atoms with E-state index in [2.05, 4.69) is 0 Å². The Balaban J connectivity index is 0. The Hall–Kier alpha value is -1.59. The third-order valence-electron chi connectivity index (χ3n) is 2.45. The van der Waals surface area contributed by atoms with Gasteiger partial charge in [0, 0.05) is 12.8 Å². The molecule has 0 unspecified atom stereocenters. The van der Waals surface area contributed by atoms with E-state index in [9.17, 15) is 14.4 Å². The number of carboxylic acid groups (broad SMARTS) is 2. The zero-order valence-electron chi connectivity index (χ0n) is 11.8. The first-order valence-corrected chi connectivity index (χ1v) is 6.39. The number of aliphatic hydroxyl groups excluding tert-OH is 5. The molecule has 0 radical (unpaired) electrons. The highest BCUT2D eigenvalue weighted by atomic mass is 16.4. The summed E-state index contributed by atoms with van der Waals surface area (Å²) >= 11 is 0. The molecule has 0 saturated heterocycles. The molecular formula is C12H22O10. The van der Waals surface area contributed by atoms with Crippen molar-refractivity contribution in [3.8, 4) is 0 Å². The topological polar surface area (TPSA) is 193 Å². The van der Waals surface area contributed by atoms with Gasteiger partial charge in [0.2, 0.25) is 0 Å². The molecule has 0 amide bonds. The van der Waals surface area contributed by atoms with Crippen LogP contribution >= 0.6 is 0 Å². The number of carbonyl (C=O) groups is 3. The predicted octanol–water partition coefficient (Wildman–Crippen LogP) is -2.66. The second-order valence-electron chi connectivity index (χ2n) is 4.35. The zero-order valence-corrected chi connectivity index (χ0v) is 11.8. The van der Waals surface area contributed by atoms with Gasteiger partial charge in [-0.15, -0.1) is 0 Å². The van der Waals surface area contributed by atoms with E-state index in [-0.39, 0.29) is 19.1 Å². The Morgan fingerprint density at radius 1 is 0.864 bits per heavy atom. The number of carbonyl (C=O) groups excluding carboxylic acids is 1. The molecular weight excluding hydrogens is 304 g/mol. The molecule has 0 aromatic heterocycles. The molecule has 0 aliphatic heterocycles. The summed E-state index contributed by atoms with van der Waals surface area (Å²) in [5, 5.41) is 59.8. The van der Waals surface area contributed by atoms with Crippen molar-refractivity contribution in [2.45, 2.75) is 50.1 Å². The number of hydrogen-bond donors (Lipinski definition) is 7. The van der Waals surface area contributed by atoms with E-state index < -0.39 is 43.0 Å². The van der Waals surface area contributed by atoms with Gasteiger partial charge in [0.05, 0.1) is 6.61 Å². The van der Waals surface area contributed by atoms with Gasteiger partial charge in [-0.25, -0.2) is 0 Å². The quantitative estimate of drug-likeness (QED) is 0.164. The van der Waals surface area contributed by atoms with Gasteiger partial charge in [0.1, 0.15) is 24.4 Å². The van der Waals surface area contributed by atoms with Gasteiger partial charge in [-0.3, -0.25) is 9.59 Å². The minimum absolute atomic E-state index is 0.0258. The van der Waals surface area contributed by atoms with Crippen LogP contribution in [0.2, 0.25) is 0 Å². The summed E-state index contributed by atoms with van der Waals surface area (Å²) in [6.45, 7) is -0.760. The Kier molecular flexibility index (Phi) is 13.5. The van der Waals surface area contributed by atoms with Crippen molar-refractivity contribution < 1.29 is 50.1 Å². The normalized spacial score (nSPS) is 15.7. The molecule has 0 aliphatic carbocycles. The summed E-state index contributed by atoms with van der Waals surface area (Å²) in [5.74, 6) is -1.74. The first-order valence-electron chi connectivity index (χ1n) is 6.39. The van der Waals surface area contributed by atoms with Gasteiger partial charge in [0.15, 0.2) is 6.29 Å². The van der Waals surface area contributed by atoms with Crippen LogP contribution in [-0.4, -0.2) is 85.0 Å². The SMILES string of the molecule is O=C(O)CCCCC(=O)O.O=C[C@H](O)[C@@H](O)[C@H](O)[C@H](O)CO. The van der Waals surface area contributed by atoms with Gasteiger partial charge in [0.25, 0.3) is 0 Å². The van der Waals surface area contributed by atoms with Crippen molar-refractivity contribution in [3.05, 3.63) is 0 Å². The van der Waals surface area contributed by atoms with Crippen molar-refractivity contribution in [1.82, 2.24) is 0 Å². The fourth-order valence-corrected chi connectivity index (χ4v) is 1.17. The summed E-state index contributed by atoms with van der Waals surface area (Å²) in [6, 6.07) is 0. The van der Waals surface area contributed by atoms with Gasteiger partial charge < -0.3 is 40.5 Å². The van der Waals surface area contributed by atoms with Crippen molar-refractivity contribution in [1.29, 1.82) is 0 Å². The fraction of sp³-hybridized carbons (Fsp3) is 0.750. The molecule has 0 saturated carbocycles. The largest absolute Gasteiger partial charge is 0.481 e. The minimum atomic E-state index is -1.79. The summed E-state index contributed by atoms with van der Waals surface area (Å²) in [6.07, 6.45) is -5.82. The Bertz CT molecular complexity index is 316. The third kappa shape index (κ3) is 12.2. The van der Waals surface area contributed by atoms with Crippen LogP contribution in [0.4, 0.5) is 0 Å². The molecule has 130 valence electrons. The molecule has 0 aromatic rings. The first-order chi connectivity index (χ1) is 10.2. The number of aliphatic hydroxyl groups is 5. The average Bonchev–Trinajstić information content (AvgIpc) is 2.48. The van der Waals surface area contributed by atoms with Gasteiger partial charge in [-0.1, -0.05) is 0 Å². The lowest BCUT2D eigenvalue weighted by atomic mass is 10.0. The molecule has 10 heteroatoms. The van der Waals surface area contributed by atoms with Crippen molar-refractivity contribution in [2.75, 3.05) is 6.61 Å². The van der Waals surface area contributed by atoms with Crippen LogP contribution in [0.25, 0.3) is 0 Å². The zero-order chi connectivity index (χ0) is 17.7. The van der Waals surface area contributed by atoms with Gasteiger partial charge in [-0.05, 0) is 12.8 Å². The van der Waals surface area contributed by atoms with Crippen molar-refractivity contribution in [3.63, 3.8) is 0 Å². The molecule has 0 bridgehead atoms. The van der Waals surface area contributed by atoms with E-state index in [0.717, 1.165) is 0 Å². The Morgan fingerprint density at radius 3 is 1.55 bits per heavy atom. The monoisotopic (exact) mass is 326 g/mol. The lowest BCUT2D eigenvalue weighted by Gasteiger charge is -2.22. The molecule has 0 spiro atoms. The van der Waals surface area contributed by atoms with Gasteiger partial charge in [-0.2, -0.15) is 0 Å². The predicted molar refractivity (Wildman–Crippen MR) is 70.9 cm³/mol. The van der Waals surface area contributed by atoms with E-state index in [0.29, 0.717) is 12.8 Å². The number of hydrogen-bond acceptors (Lipinski definition) is 8. The van der Waals surface area contributed by atoms with Crippen LogP contribution in [0.5, 0.6) is 0 Å². The summed E-state index contributed by atoms with van der Waals surface area (Å²) in [4.78, 5) is 29.7. The highest BCUT2D eigenvalue weighted by Gasteiger charge is 2.29. The minimum Gasteiger partial charge on any atom is -0.481 e. The second-order valence-corrected chi connectivity index (χ2v) is 4.35. The lowest BCUT2D eigenvalue weighted by molar-refractivity contribution is -0.139. The van der Waals surface area contributed by atoms with E-state index in [1.165, 1.54) is 0 Å². The molecule has 10 nitrogen and oxygen atoms in total.